The first-order valence-electron chi connectivity index (χ1n) is 28.2. The largest absolute Gasteiger partial charge is 0.394 e. The van der Waals surface area contributed by atoms with Gasteiger partial charge >= 0.3 is 0 Å². The molecule has 34 heteroatoms. The van der Waals surface area contributed by atoms with Gasteiger partial charge in [0.15, 0.2) is 24.8 Å². The van der Waals surface area contributed by atoms with Crippen LogP contribution in [-0.4, -0.2) is 287 Å². The molecule has 0 aromatic rings. The minimum Gasteiger partial charge on any atom is -0.394 e. The summed E-state index contributed by atoms with van der Waals surface area (Å²) in [7, 11) is 2.31. The van der Waals surface area contributed by atoms with Crippen molar-refractivity contribution in [1.82, 2.24) is 32.3 Å². The number of aliphatic hydroxyl groups excluding tert-OH is 8. The highest BCUT2D eigenvalue weighted by molar-refractivity contribution is 8.00. The van der Waals surface area contributed by atoms with E-state index in [1.807, 2.05) is 0 Å². The van der Waals surface area contributed by atoms with Gasteiger partial charge in [-0.15, -0.1) is 0 Å². The molecule has 4 rings (SSSR count). The summed E-state index contributed by atoms with van der Waals surface area (Å²) in [4.78, 5) is 101. The fourth-order valence-corrected chi connectivity index (χ4v) is 11.6. The van der Waals surface area contributed by atoms with E-state index in [1.165, 1.54) is 13.8 Å². The Morgan fingerprint density at radius 3 is 1.19 bits per heavy atom. The van der Waals surface area contributed by atoms with E-state index >= 15 is 0 Å². The first-order valence-corrected chi connectivity index (χ1v) is 30.5. The first kappa shape index (κ1) is 74.6. The molecule has 0 aliphatic carbocycles. The van der Waals surface area contributed by atoms with Crippen LogP contribution in [0.25, 0.3) is 0 Å². The van der Waals surface area contributed by atoms with Gasteiger partial charge in [-0.25, -0.2) is 0 Å². The van der Waals surface area contributed by atoms with Gasteiger partial charge in [0.1, 0.15) is 84.8 Å². The summed E-state index contributed by atoms with van der Waals surface area (Å²) in [5.41, 5.74) is 8.85. The normalized spacial score (nSPS) is 33.5. The van der Waals surface area contributed by atoms with E-state index in [1.54, 1.807) is 27.7 Å². The Morgan fingerprint density at radius 2 is 0.860 bits per heavy atom. The number of nitrogens with one attached hydrogen (secondary N) is 6. The Balaban J connectivity index is 1.04. The van der Waals surface area contributed by atoms with Crippen molar-refractivity contribution in [2.75, 3.05) is 76.9 Å². The quantitative estimate of drug-likeness (QED) is 0.0215. The van der Waals surface area contributed by atoms with Crippen molar-refractivity contribution >= 4 is 70.5 Å². The lowest BCUT2D eigenvalue weighted by atomic mass is 9.92. The molecule has 0 spiro atoms. The number of thioether (sulfide) groups is 2. The fourth-order valence-electron chi connectivity index (χ4n) is 9.75. The Bertz CT molecular complexity index is 2040. The molecule has 4 aliphatic rings. The van der Waals surface area contributed by atoms with Gasteiger partial charge in [0, 0.05) is 77.5 Å². The zero-order chi connectivity index (χ0) is 63.9. The molecule has 4 heterocycles. The van der Waals surface area contributed by atoms with E-state index in [4.69, 9.17) is 47.4 Å². The van der Waals surface area contributed by atoms with Crippen LogP contribution >= 0.6 is 23.5 Å². The second-order valence-corrected chi connectivity index (χ2v) is 23.3. The molecule has 4 fully saturated rings. The monoisotopic (exact) mass is 1280 g/mol. The van der Waals surface area contributed by atoms with Crippen LogP contribution in [0.5, 0.6) is 0 Å². The summed E-state index contributed by atoms with van der Waals surface area (Å²) in [5.74, 6) is -4.87. The van der Waals surface area contributed by atoms with Crippen LogP contribution in [0.15, 0.2) is 0 Å². The summed E-state index contributed by atoms with van der Waals surface area (Å²) >= 11 is 2.29. The number of hydrazine groups is 2. The maximum Gasteiger partial charge on any atom is 0.270 e. The van der Waals surface area contributed by atoms with Crippen LogP contribution in [0.4, 0.5) is 0 Å². The molecule has 14 N–H and O–H groups in total. The number of carbonyl (C=O) groups excluding carboxylic acids is 8. The number of methoxy groups -OCH3 is 2. The molecule has 6 amide bonds. The average Bonchev–Trinajstić information content (AvgIpc) is 1.12. The topological polar surface area (TPSA) is 463 Å². The van der Waals surface area contributed by atoms with Gasteiger partial charge in [-0.05, 0) is 26.7 Å². The fraction of sp³-hybridized carbons (Fsp3) is 0.846. The Morgan fingerprint density at radius 1 is 0.500 bits per heavy atom. The highest BCUT2D eigenvalue weighted by Crippen LogP contribution is 2.32. The zero-order valence-corrected chi connectivity index (χ0v) is 51.0. The highest BCUT2D eigenvalue weighted by Gasteiger charge is 2.54. The second-order valence-electron chi connectivity index (χ2n) is 21.2. The van der Waals surface area contributed by atoms with Crippen molar-refractivity contribution in [3.63, 3.8) is 0 Å². The molecule has 4 aliphatic heterocycles. The molecular weight excluding hydrogens is 1190 g/mol. The zero-order valence-electron chi connectivity index (χ0n) is 49.3. The number of Topliss-reactive ketones (excluding diaryl/α,β-unsaturated/α-hetero) is 2. The predicted octanol–water partition coefficient (Wildman–Crippen LogP) is -6.26. The van der Waals surface area contributed by atoms with E-state index in [9.17, 15) is 79.2 Å². The molecule has 0 aromatic heterocycles. The number of aliphatic hydroxyl groups is 8. The second kappa shape index (κ2) is 37.3. The van der Waals surface area contributed by atoms with Crippen molar-refractivity contribution in [3.8, 4) is 0 Å². The number of ether oxygens (including phenoxy) is 10. The van der Waals surface area contributed by atoms with Gasteiger partial charge in [0.05, 0.1) is 62.2 Å². The molecule has 32 nitrogen and oxygen atoms in total. The van der Waals surface area contributed by atoms with E-state index < -0.39 is 183 Å². The first-order chi connectivity index (χ1) is 40.8. The van der Waals surface area contributed by atoms with Crippen LogP contribution in [0.2, 0.25) is 0 Å². The number of carbonyl (C=O) groups is 8. The molecule has 4 saturated heterocycles. The van der Waals surface area contributed by atoms with Gasteiger partial charge in [-0.3, -0.25) is 60.1 Å². The average molecular weight is 1280 g/mol. The lowest BCUT2D eigenvalue weighted by Gasteiger charge is -2.47. The summed E-state index contributed by atoms with van der Waals surface area (Å²) in [6, 6.07) is -2.00. The maximum absolute atomic E-state index is 13.2. The molecule has 494 valence electrons. The predicted molar refractivity (Wildman–Crippen MR) is 298 cm³/mol. The number of ketones is 2. The molecule has 22 atom stereocenters. The molecule has 0 bridgehead atoms. The van der Waals surface area contributed by atoms with Crippen molar-refractivity contribution in [2.45, 2.75) is 190 Å². The van der Waals surface area contributed by atoms with Crippen LogP contribution in [-0.2, 0) is 85.7 Å². The van der Waals surface area contributed by atoms with Crippen molar-refractivity contribution in [3.05, 3.63) is 0 Å². The van der Waals surface area contributed by atoms with E-state index in [0.717, 1.165) is 37.7 Å². The molecule has 0 saturated carbocycles. The number of hydrogen-bond acceptors (Lipinski definition) is 28. The standard InChI is InChI=1S/C52H88N6O26S2/c1-23(19-85-21-33(65)55-57-49(73)47-45(75-7)39(69)41(71)51(83-47)81-43-35(53-27(5)61)25(3)79-31(17-59)37(43)67)29(63)11-9-13-77-15-16-78-14-10-12-30(64)24(2)20-86-22-34(66)56-58-50(74)48-46(76-8)40(70)42(72)52(84-48)82-44-36(54-28(6)62)26(4)80-32(18-60)38(44)68/h23-26,31-32,35-48,51-52,59-60,67-72H,9-22H2,1-8H3,(H,53,61)(H,54,62)(H,55,65)(H,56,66)(H,57,73)(H,58,74)/t23?,24?,25-,26-,31?,32?,35?,36?,37+,38+,39+,40+,41?,42?,43+,44+,45-,46-,47?,48?,51+,52+/m0/s1. The summed E-state index contributed by atoms with van der Waals surface area (Å²) < 4.78 is 55.9. The third kappa shape index (κ3) is 22.0. The lowest BCUT2D eigenvalue weighted by Crippen LogP contribution is -2.68. The molecule has 86 heavy (non-hydrogen) atoms. The third-order valence-corrected chi connectivity index (χ3v) is 16.9. The van der Waals surface area contributed by atoms with Crippen LogP contribution < -0.4 is 32.3 Å². The van der Waals surface area contributed by atoms with Crippen molar-refractivity contribution in [2.24, 2.45) is 11.8 Å². The van der Waals surface area contributed by atoms with E-state index in [2.05, 4.69) is 32.3 Å². The van der Waals surface area contributed by atoms with Gasteiger partial charge in [-0.2, -0.15) is 23.5 Å². The summed E-state index contributed by atoms with van der Waals surface area (Å²) in [6.07, 6.45) is -25.1. The highest BCUT2D eigenvalue weighted by atomic mass is 32.2. The summed E-state index contributed by atoms with van der Waals surface area (Å²) in [6.45, 7) is 8.87. The third-order valence-electron chi connectivity index (χ3n) is 14.5. The van der Waals surface area contributed by atoms with Gasteiger partial charge in [0.2, 0.25) is 23.6 Å². The van der Waals surface area contributed by atoms with Crippen LogP contribution in [0.1, 0.15) is 67.2 Å². The van der Waals surface area contributed by atoms with E-state index in [0.29, 0.717) is 37.6 Å². The Labute approximate surface area is 506 Å². The summed E-state index contributed by atoms with van der Waals surface area (Å²) in [5, 5.41) is 89.9. The van der Waals surface area contributed by atoms with Crippen molar-refractivity contribution in [1.29, 1.82) is 0 Å². The van der Waals surface area contributed by atoms with Crippen molar-refractivity contribution < 1.29 is 127 Å². The van der Waals surface area contributed by atoms with Gasteiger partial charge in [-0.1, -0.05) is 13.8 Å². The van der Waals surface area contributed by atoms with Gasteiger partial charge in [0.25, 0.3) is 11.8 Å². The van der Waals surface area contributed by atoms with Crippen LogP contribution in [0.3, 0.4) is 0 Å². The Kier molecular flexibility index (Phi) is 32.4. The van der Waals surface area contributed by atoms with Gasteiger partial charge < -0.3 is 98.9 Å². The smallest absolute Gasteiger partial charge is 0.270 e. The molecule has 0 aromatic carbocycles. The molecule has 0 radical (unpaired) electrons. The lowest BCUT2D eigenvalue weighted by molar-refractivity contribution is -0.325. The number of rotatable bonds is 33. The maximum atomic E-state index is 13.2. The number of hydrogen-bond donors (Lipinski definition) is 14. The molecular formula is C52H88N6O26S2. The minimum absolute atomic E-state index is 0.0478. The minimum atomic E-state index is -1.81. The number of amides is 6. The van der Waals surface area contributed by atoms with E-state index in [-0.39, 0.29) is 49.1 Å². The molecule has 10 unspecified atom stereocenters. The SMILES string of the molecule is CO[C@@H]1C(C(=O)NNC(=O)CSCC(C)C(=O)CCCOCCOCCCC(=O)C(C)CSCC(=O)NNC(=O)C2O[C@@H](O[C@@H]3C(NC(C)=O)[C@H](C)OC(CO)[C@H]3O)C(O)[C@@H](O)[C@@H]2OC)O[C@@H](O[C@@H]2C(NC(C)=O)[C@H](C)OC(CO)[C@H]2O)C(O)[C@H]1O. The Hall–Kier alpha value is -3.86. The van der Waals surface area contributed by atoms with Crippen LogP contribution in [0, 0.1) is 11.8 Å².